The minimum atomic E-state index is -0.241. The Balaban J connectivity index is 2.19. The van der Waals surface area contributed by atoms with Crippen LogP contribution in [-0.4, -0.2) is 0 Å². The Morgan fingerprint density at radius 3 is 2.67 bits per heavy atom. The van der Waals surface area contributed by atoms with Crippen LogP contribution in [0.1, 0.15) is 17.2 Å². The predicted molar refractivity (Wildman–Crippen MR) is 76.2 cm³/mol. The Bertz CT molecular complexity index is 559. The normalized spacial score (nSPS) is 12.4. The number of halogens is 3. The highest BCUT2D eigenvalue weighted by Crippen LogP contribution is 2.27. The lowest BCUT2D eigenvalue weighted by Gasteiger charge is -2.14. The zero-order valence-electron chi connectivity index (χ0n) is 9.54. The molecular formula is C14H12BrClFN. The summed E-state index contributed by atoms with van der Waals surface area (Å²) < 4.78 is 14.0. The molecule has 1 unspecified atom stereocenters. The second-order valence-corrected chi connectivity index (χ2v) is 5.40. The summed E-state index contributed by atoms with van der Waals surface area (Å²) in [6.07, 6.45) is 0.581. The molecule has 2 rings (SSSR count). The molecule has 1 nitrogen and oxygen atoms in total. The summed E-state index contributed by atoms with van der Waals surface area (Å²) in [6.45, 7) is 0. The lowest BCUT2D eigenvalue weighted by atomic mass is 10.00. The van der Waals surface area contributed by atoms with E-state index in [0.29, 0.717) is 11.4 Å². The van der Waals surface area contributed by atoms with Gasteiger partial charge in [0.25, 0.3) is 0 Å². The van der Waals surface area contributed by atoms with Crippen molar-refractivity contribution in [3.63, 3.8) is 0 Å². The average molecular weight is 329 g/mol. The van der Waals surface area contributed by atoms with E-state index in [9.17, 15) is 4.39 Å². The van der Waals surface area contributed by atoms with Crippen molar-refractivity contribution in [2.45, 2.75) is 12.5 Å². The van der Waals surface area contributed by atoms with Crippen LogP contribution in [0.2, 0.25) is 5.02 Å². The van der Waals surface area contributed by atoms with Crippen molar-refractivity contribution in [3.8, 4) is 0 Å². The molecule has 0 radical (unpaired) electrons. The van der Waals surface area contributed by atoms with Gasteiger partial charge in [0, 0.05) is 15.5 Å². The Kier molecular flexibility index (Phi) is 4.38. The maximum Gasteiger partial charge on any atom is 0.123 e. The molecule has 0 aliphatic carbocycles. The van der Waals surface area contributed by atoms with Gasteiger partial charge in [-0.05, 0) is 41.8 Å². The second-order valence-electron chi connectivity index (χ2n) is 4.11. The van der Waals surface area contributed by atoms with Crippen molar-refractivity contribution in [3.05, 3.63) is 68.9 Å². The molecule has 0 amide bonds. The van der Waals surface area contributed by atoms with E-state index in [-0.39, 0.29) is 11.9 Å². The van der Waals surface area contributed by atoms with Crippen LogP contribution in [-0.2, 0) is 6.42 Å². The van der Waals surface area contributed by atoms with Crippen molar-refractivity contribution in [2.24, 2.45) is 5.73 Å². The van der Waals surface area contributed by atoms with Crippen LogP contribution in [0.5, 0.6) is 0 Å². The summed E-state index contributed by atoms with van der Waals surface area (Å²) in [7, 11) is 0. The molecule has 1 atom stereocenters. The average Bonchev–Trinajstić information content (AvgIpc) is 2.28. The summed E-state index contributed by atoms with van der Waals surface area (Å²) in [5.41, 5.74) is 7.97. The lowest BCUT2D eigenvalue weighted by Crippen LogP contribution is -2.14. The summed E-state index contributed by atoms with van der Waals surface area (Å²) in [6, 6.07) is 11.8. The Labute approximate surface area is 119 Å². The van der Waals surface area contributed by atoms with E-state index in [2.05, 4.69) is 15.9 Å². The highest BCUT2D eigenvalue weighted by Gasteiger charge is 2.11. The predicted octanol–water partition coefficient (Wildman–Crippen LogP) is 4.48. The second kappa shape index (κ2) is 5.83. The summed E-state index contributed by atoms with van der Waals surface area (Å²) in [4.78, 5) is 0. The van der Waals surface area contributed by atoms with E-state index in [4.69, 9.17) is 17.3 Å². The molecule has 2 aromatic rings. The number of nitrogens with two attached hydrogens (primary N) is 1. The quantitative estimate of drug-likeness (QED) is 0.883. The molecule has 2 aromatic carbocycles. The van der Waals surface area contributed by atoms with E-state index < -0.39 is 0 Å². The Hall–Kier alpha value is -0.900. The molecule has 0 fully saturated rings. The van der Waals surface area contributed by atoms with E-state index in [1.54, 1.807) is 12.1 Å². The maximum atomic E-state index is 13.1. The minimum Gasteiger partial charge on any atom is -0.324 e. The lowest BCUT2D eigenvalue weighted by molar-refractivity contribution is 0.622. The Morgan fingerprint density at radius 2 is 2.00 bits per heavy atom. The molecule has 0 saturated heterocycles. The van der Waals surface area contributed by atoms with Crippen molar-refractivity contribution in [2.75, 3.05) is 0 Å². The maximum absolute atomic E-state index is 13.1. The third kappa shape index (κ3) is 3.31. The van der Waals surface area contributed by atoms with Gasteiger partial charge >= 0.3 is 0 Å². The molecule has 0 bridgehead atoms. The van der Waals surface area contributed by atoms with E-state index in [1.165, 1.54) is 12.1 Å². The van der Waals surface area contributed by atoms with Crippen LogP contribution in [0.15, 0.2) is 46.9 Å². The monoisotopic (exact) mass is 327 g/mol. The number of benzene rings is 2. The fourth-order valence-electron chi connectivity index (χ4n) is 1.83. The van der Waals surface area contributed by atoms with E-state index >= 15 is 0 Å². The van der Waals surface area contributed by atoms with Crippen LogP contribution >= 0.6 is 27.5 Å². The molecule has 0 spiro atoms. The number of hydrogen-bond donors (Lipinski definition) is 1. The van der Waals surface area contributed by atoms with Gasteiger partial charge in [0.05, 0.1) is 0 Å². The first kappa shape index (κ1) is 13.5. The molecule has 0 aliphatic rings. The van der Waals surface area contributed by atoms with Gasteiger partial charge < -0.3 is 5.73 Å². The van der Waals surface area contributed by atoms with Crippen LogP contribution in [0.3, 0.4) is 0 Å². The van der Waals surface area contributed by atoms with Crippen LogP contribution in [0, 0.1) is 5.82 Å². The molecular weight excluding hydrogens is 317 g/mol. The van der Waals surface area contributed by atoms with Gasteiger partial charge in [-0.15, -0.1) is 0 Å². The van der Waals surface area contributed by atoms with Gasteiger partial charge in [0.15, 0.2) is 0 Å². The largest absolute Gasteiger partial charge is 0.324 e. The van der Waals surface area contributed by atoms with E-state index in [0.717, 1.165) is 15.6 Å². The molecule has 0 heterocycles. The first-order valence-corrected chi connectivity index (χ1v) is 6.68. The molecule has 18 heavy (non-hydrogen) atoms. The van der Waals surface area contributed by atoms with Crippen molar-refractivity contribution in [1.82, 2.24) is 0 Å². The molecule has 4 heteroatoms. The molecule has 0 saturated carbocycles. The summed E-state index contributed by atoms with van der Waals surface area (Å²) in [5, 5.41) is 0.656. The third-order valence-corrected chi connectivity index (χ3v) is 3.63. The number of hydrogen-bond acceptors (Lipinski definition) is 1. The SMILES string of the molecule is NC(Cc1cccc(F)c1)c1ccc(Cl)cc1Br. The standard InChI is InChI=1S/C14H12BrClFN/c15-13-8-10(16)4-5-12(13)14(18)7-9-2-1-3-11(17)6-9/h1-6,8,14H,7,18H2. The highest BCUT2D eigenvalue weighted by atomic mass is 79.9. The van der Waals surface area contributed by atoms with Gasteiger partial charge in [-0.3, -0.25) is 0 Å². The fraction of sp³-hybridized carbons (Fsp3) is 0.143. The van der Waals surface area contributed by atoms with Gasteiger partial charge in [-0.1, -0.05) is 45.7 Å². The van der Waals surface area contributed by atoms with E-state index in [1.807, 2.05) is 18.2 Å². The first-order chi connectivity index (χ1) is 8.56. The Morgan fingerprint density at radius 1 is 1.22 bits per heavy atom. The van der Waals surface area contributed by atoms with Gasteiger partial charge in [0.1, 0.15) is 5.82 Å². The minimum absolute atomic E-state index is 0.196. The van der Waals surface area contributed by atoms with Crippen molar-refractivity contribution < 1.29 is 4.39 Å². The molecule has 94 valence electrons. The van der Waals surface area contributed by atoms with Crippen LogP contribution in [0.4, 0.5) is 4.39 Å². The number of rotatable bonds is 3. The van der Waals surface area contributed by atoms with Crippen LogP contribution in [0.25, 0.3) is 0 Å². The van der Waals surface area contributed by atoms with Crippen LogP contribution < -0.4 is 5.73 Å². The van der Waals surface area contributed by atoms with Gasteiger partial charge in [-0.2, -0.15) is 0 Å². The highest BCUT2D eigenvalue weighted by molar-refractivity contribution is 9.10. The van der Waals surface area contributed by atoms with Gasteiger partial charge in [0.2, 0.25) is 0 Å². The van der Waals surface area contributed by atoms with Gasteiger partial charge in [-0.25, -0.2) is 4.39 Å². The van der Waals surface area contributed by atoms with Crippen molar-refractivity contribution in [1.29, 1.82) is 0 Å². The topological polar surface area (TPSA) is 26.0 Å². The zero-order chi connectivity index (χ0) is 13.1. The third-order valence-electron chi connectivity index (χ3n) is 2.71. The smallest absolute Gasteiger partial charge is 0.123 e. The summed E-state index contributed by atoms with van der Waals surface area (Å²) >= 11 is 9.32. The molecule has 0 aliphatic heterocycles. The zero-order valence-corrected chi connectivity index (χ0v) is 11.9. The molecule has 2 N–H and O–H groups in total. The first-order valence-electron chi connectivity index (χ1n) is 5.51. The fourth-order valence-corrected chi connectivity index (χ4v) is 2.81. The molecule has 0 aromatic heterocycles. The summed E-state index contributed by atoms with van der Waals surface area (Å²) in [5.74, 6) is -0.241. The van der Waals surface area contributed by atoms with Crippen molar-refractivity contribution >= 4 is 27.5 Å².